The van der Waals surface area contributed by atoms with E-state index in [1.165, 1.54) is 12.7 Å². The van der Waals surface area contributed by atoms with E-state index in [2.05, 4.69) is 11.4 Å². The van der Waals surface area contributed by atoms with Gasteiger partial charge in [0.2, 0.25) is 15.9 Å². The van der Waals surface area contributed by atoms with Crippen LogP contribution in [-0.2, 0) is 21.2 Å². The molecule has 0 bridgehead atoms. The van der Waals surface area contributed by atoms with E-state index in [0.29, 0.717) is 11.4 Å². The van der Waals surface area contributed by atoms with Crippen molar-refractivity contribution >= 4 is 21.6 Å². The molecule has 6 nitrogen and oxygen atoms in total. The summed E-state index contributed by atoms with van der Waals surface area (Å²) in [4.78, 5) is 13.0. The lowest BCUT2D eigenvalue weighted by atomic mass is 9.87. The van der Waals surface area contributed by atoms with Gasteiger partial charge >= 0.3 is 0 Å². The Kier molecular flexibility index (Phi) is 5.93. The van der Waals surface area contributed by atoms with Crippen LogP contribution in [0.15, 0.2) is 48.5 Å². The lowest BCUT2D eigenvalue weighted by Gasteiger charge is -2.31. The predicted octanol–water partition coefficient (Wildman–Crippen LogP) is 3.04. The van der Waals surface area contributed by atoms with Gasteiger partial charge in [-0.15, -0.1) is 0 Å². The van der Waals surface area contributed by atoms with Crippen molar-refractivity contribution in [3.05, 3.63) is 59.7 Å². The number of amides is 1. The summed E-state index contributed by atoms with van der Waals surface area (Å²) in [6, 6.07) is 13.8. The van der Waals surface area contributed by atoms with Crippen LogP contribution in [0.4, 0.5) is 5.69 Å². The minimum atomic E-state index is -3.67. The van der Waals surface area contributed by atoms with Crippen molar-refractivity contribution in [3.8, 4) is 5.75 Å². The second kappa shape index (κ2) is 8.22. The maximum atomic E-state index is 13.0. The van der Waals surface area contributed by atoms with Crippen LogP contribution in [0.3, 0.4) is 0 Å². The normalized spacial score (nSPS) is 17.3. The third kappa shape index (κ3) is 4.30. The van der Waals surface area contributed by atoms with Crippen molar-refractivity contribution in [1.29, 1.82) is 0 Å². The molecule has 0 saturated heterocycles. The minimum Gasteiger partial charge on any atom is -0.497 e. The molecular formula is C21H26N2O4S. The zero-order valence-corrected chi connectivity index (χ0v) is 17.2. The quantitative estimate of drug-likeness (QED) is 0.806. The van der Waals surface area contributed by atoms with Gasteiger partial charge in [0.05, 0.1) is 25.1 Å². The third-order valence-corrected chi connectivity index (χ3v) is 6.32. The van der Waals surface area contributed by atoms with E-state index in [0.717, 1.165) is 35.4 Å². The van der Waals surface area contributed by atoms with Gasteiger partial charge in [-0.2, -0.15) is 0 Å². The van der Waals surface area contributed by atoms with Gasteiger partial charge in [-0.3, -0.25) is 9.10 Å². The summed E-state index contributed by atoms with van der Waals surface area (Å²) in [5.41, 5.74) is 2.74. The first kappa shape index (κ1) is 20.2. The lowest BCUT2D eigenvalue weighted by molar-refractivity contribution is -0.122. The average molecular weight is 403 g/mol. The number of fused-ring (bicyclic) bond motifs is 1. The molecule has 0 radical (unpaired) electrons. The molecule has 0 aromatic heterocycles. The summed E-state index contributed by atoms with van der Waals surface area (Å²) in [5, 5.41) is 3.05. The summed E-state index contributed by atoms with van der Waals surface area (Å²) in [7, 11) is -2.16. The monoisotopic (exact) mass is 402 g/mol. The van der Waals surface area contributed by atoms with Crippen LogP contribution < -0.4 is 14.4 Å². The van der Waals surface area contributed by atoms with Crippen LogP contribution in [0.1, 0.15) is 36.9 Å². The number of ether oxygens (including phenoxy) is 1. The average Bonchev–Trinajstić information content (AvgIpc) is 2.67. The Hall–Kier alpha value is -2.54. The summed E-state index contributed by atoms with van der Waals surface area (Å²) in [6.07, 6.45) is 3.93. The van der Waals surface area contributed by atoms with E-state index in [-0.39, 0.29) is 11.9 Å². The molecule has 150 valence electrons. The molecule has 2 aromatic carbocycles. The number of sulfonamides is 1. The number of nitrogens with one attached hydrogen (secondary N) is 1. The van der Waals surface area contributed by atoms with Gasteiger partial charge in [0, 0.05) is 6.07 Å². The number of anilines is 1. The predicted molar refractivity (Wildman–Crippen MR) is 110 cm³/mol. The number of carbonyl (C=O) groups is 1. The molecule has 7 heteroatoms. The van der Waals surface area contributed by atoms with Crippen molar-refractivity contribution in [2.45, 2.75) is 38.3 Å². The summed E-state index contributed by atoms with van der Waals surface area (Å²) in [5.74, 6) is 0.204. The van der Waals surface area contributed by atoms with E-state index in [1.807, 2.05) is 18.2 Å². The first-order chi connectivity index (χ1) is 13.3. The van der Waals surface area contributed by atoms with E-state index in [9.17, 15) is 13.2 Å². The molecule has 0 unspecified atom stereocenters. The fourth-order valence-corrected chi connectivity index (χ4v) is 4.92. The second-order valence-electron chi connectivity index (χ2n) is 7.09. The van der Waals surface area contributed by atoms with Crippen molar-refractivity contribution in [2.75, 3.05) is 17.7 Å². The molecule has 2 aromatic rings. The van der Waals surface area contributed by atoms with Gasteiger partial charge in [-0.05, 0) is 49.4 Å². The van der Waals surface area contributed by atoms with Crippen molar-refractivity contribution in [1.82, 2.24) is 5.32 Å². The Balaban J connectivity index is 1.85. The highest BCUT2D eigenvalue weighted by atomic mass is 32.2. The number of carbonyl (C=O) groups excluding carboxylic acids is 1. The highest BCUT2D eigenvalue weighted by molar-refractivity contribution is 7.92. The van der Waals surface area contributed by atoms with Gasteiger partial charge in [0.15, 0.2) is 0 Å². The standard InChI is InChI=1S/C21H26N2O4S/c1-15(23(28(3,25)26)17-10-7-11-18(14-17)27-2)21(24)22-20-13-6-9-16-8-4-5-12-19(16)20/h4-5,7-8,10-12,14-15,20H,6,9,13H2,1-3H3,(H,22,24)/t15-,20-/m1/s1. The SMILES string of the molecule is COc1cccc(N([C@H](C)C(=O)N[C@@H]2CCCc3ccccc32)S(C)(=O)=O)c1. The molecule has 0 fully saturated rings. The summed E-state index contributed by atoms with van der Waals surface area (Å²) in [6.45, 7) is 1.60. The number of benzene rings is 2. The van der Waals surface area contributed by atoms with E-state index < -0.39 is 16.1 Å². The van der Waals surface area contributed by atoms with Crippen LogP contribution in [0, 0.1) is 0 Å². The number of rotatable bonds is 6. The molecule has 2 atom stereocenters. The van der Waals surface area contributed by atoms with Gasteiger partial charge in [0.25, 0.3) is 0 Å². The first-order valence-electron chi connectivity index (χ1n) is 9.33. The van der Waals surface area contributed by atoms with E-state index in [4.69, 9.17) is 4.74 Å². The second-order valence-corrected chi connectivity index (χ2v) is 8.95. The number of hydrogen-bond donors (Lipinski definition) is 1. The fraction of sp³-hybridized carbons (Fsp3) is 0.381. The zero-order chi connectivity index (χ0) is 20.3. The molecule has 0 spiro atoms. The Morgan fingerprint density at radius 1 is 1.21 bits per heavy atom. The molecule has 3 rings (SSSR count). The van der Waals surface area contributed by atoms with E-state index in [1.54, 1.807) is 31.2 Å². The molecule has 0 saturated carbocycles. The highest BCUT2D eigenvalue weighted by Gasteiger charge is 2.31. The smallest absolute Gasteiger partial charge is 0.244 e. The molecule has 1 N–H and O–H groups in total. The van der Waals surface area contributed by atoms with Crippen LogP contribution in [0.25, 0.3) is 0 Å². The minimum absolute atomic E-state index is 0.105. The molecule has 1 aliphatic carbocycles. The molecular weight excluding hydrogens is 376 g/mol. The maximum Gasteiger partial charge on any atom is 0.244 e. The van der Waals surface area contributed by atoms with Crippen LogP contribution in [0.2, 0.25) is 0 Å². The van der Waals surface area contributed by atoms with Crippen molar-refractivity contribution in [3.63, 3.8) is 0 Å². The highest BCUT2D eigenvalue weighted by Crippen LogP contribution is 2.30. The van der Waals surface area contributed by atoms with Crippen LogP contribution >= 0.6 is 0 Å². The van der Waals surface area contributed by atoms with Crippen molar-refractivity contribution in [2.24, 2.45) is 0 Å². The maximum absolute atomic E-state index is 13.0. The molecule has 1 aliphatic rings. The van der Waals surface area contributed by atoms with Gasteiger partial charge < -0.3 is 10.1 Å². The Labute approximate surface area is 166 Å². The summed E-state index contributed by atoms with van der Waals surface area (Å²) < 4.78 is 31.3. The summed E-state index contributed by atoms with van der Waals surface area (Å²) >= 11 is 0. The molecule has 0 heterocycles. The Morgan fingerprint density at radius 2 is 1.96 bits per heavy atom. The van der Waals surface area contributed by atoms with Crippen molar-refractivity contribution < 1.29 is 17.9 Å². The fourth-order valence-electron chi connectivity index (χ4n) is 3.75. The Bertz CT molecular complexity index is 958. The Morgan fingerprint density at radius 3 is 2.68 bits per heavy atom. The van der Waals surface area contributed by atoms with Crippen LogP contribution in [-0.4, -0.2) is 33.7 Å². The molecule has 28 heavy (non-hydrogen) atoms. The van der Waals surface area contributed by atoms with E-state index >= 15 is 0 Å². The third-order valence-electron chi connectivity index (χ3n) is 5.08. The zero-order valence-electron chi connectivity index (χ0n) is 16.4. The van der Waals surface area contributed by atoms with Gasteiger partial charge in [-0.1, -0.05) is 30.3 Å². The number of nitrogens with zero attached hydrogens (tertiary/aromatic N) is 1. The lowest BCUT2D eigenvalue weighted by Crippen LogP contribution is -2.49. The molecule has 0 aliphatic heterocycles. The number of methoxy groups -OCH3 is 1. The van der Waals surface area contributed by atoms with Crippen LogP contribution in [0.5, 0.6) is 5.75 Å². The molecule has 1 amide bonds. The topological polar surface area (TPSA) is 75.7 Å². The first-order valence-corrected chi connectivity index (χ1v) is 11.2. The largest absolute Gasteiger partial charge is 0.497 e. The number of aryl methyl sites for hydroxylation is 1. The van der Waals surface area contributed by atoms with Gasteiger partial charge in [-0.25, -0.2) is 8.42 Å². The van der Waals surface area contributed by atoms with Gasteiger partial charge in [0.1, 0.15) is 11.8 Å². The number of hydrogen-bond acceptors (Lipinski definition) is 4.